The van der Waals surface area contributed by atoms with Crippen LogP contribution in [0.3, 0.4) is 0 Å². The molecule has 2 nitrogen and oxygen atoms in total. The molecular formula is C16H18O2. The molecule has 18 heavy (non-hydrogen) atoms. The molecule has 2 N–H and O–H groups in total. The van der Waals surface area contributed by atoms with Gasteiger partial charge in [0.05, 0.1) is 6.61 Å². The van der Waals surface area contributed by atoms with Gasteiger partial charge >= 0.3 is 0 Å². The molecule has 0 spiro atoms. The molecule has 2 heteroatoms. The van der Waals surface area contributed by atoms with Gasteiger partial charge in [0, 0.05) is 6.61 Å². The van der Waals surface area contributed by atoms with E-state index in [1.54, 1.807) is 0 Å². The first-order chi connectivity index (χ1) is 8.85. The first-order valence-corrected chi connectivity index (χ1v) is 6.24. The van der Waals surface area contributed by atoms with Crippen molar-refractivity contribution in [2.75, 3.05) is 6.61 Å². The topological polar surface area (TPSA) is 40.5 Å². The smallest absolute Gasteiger partial charge is 0.0687 e. The van der Waals surface area contributed by atoms with E-state index in [-0.39, 0.29) is 13.2 Å². The SMILES string of the molecule is OCCCc1cccc(-c2ccccc2CO)c1. The van der Waals surface area contributed by atoms with E-state index >= 15 is 0 Å². The van der Waals surface area contributed by atoms with Crippen LogP contribution in [-0.4, -0.2) is 16.8 Å². The molecule has 2 aromatic carbocycles. The van der Waals surface area contributed by atoms with Crippen molar-refractivity contribution < 1.29 is 10.2 Å². The maximum Gasteiger partial charge on any atom is 0.0687 e. The Labute approximate surface area is 108 Å². The molecule has 0 radical (unpaired) electrons. The zero-order valence-corrected chi connectivity index (χ0v) is 10.3. The summed E-state index contributed by atoms with van der Waals surface area (Å²) in [5.74, 6) is 0. The van der Waals surface area contributed by atoms with Gasteiger partial charge in [-0.05, 0) is 35.1 Å². The van der Waals surface area contributed by atoms with Crippen LogP contribution in [0.5, 0.6) is 0 Å². The number of benzene rings is 2. The van der Waals surface area contributed by atoms with Gasteiger partial charge in [0.15, 0.2) is 0 Å². The summed E-state index contributed by atoms with van der Waals surface area (Å²) in [6.45, 7) is 0.272. The van der Waals surface area contributed by atoms with E-state index in [0.717, 1.165) is 29.5 Å². The lowest BCUT2D eigenvalue weighted by atomic mass is 9.97. The maximum atomic E-state index is 9.36. The lowest BCUT2D eigenvalue weighted by Gasteiger charge is -2.09. The Kier molecular flexibility index (Phi) is 4.51. The molecule has 0 atom stereocenters. The summed E-state index contributed by atoms with van der Waals surface area (Å²) < 4.78 is 0. The minimum Gasteiger partial charge on any atom is -0.396 e. The van der Waals surface area contributed by atoms with Crippen LogP contribution < -0.4 is 0 Å². The van der Waals surface area contributed by atoms with Crippen LogP contribution in [0.4, 0.5) is 0 Å². The number of hydrogen-bond donors (Lipinski definition) is 2. The third-order valence-corrected chi connectivity index (χ3v) is 3.05. The van der Waals surface area contributed by atoms with E-state index < -0.39 is 0 Å². The fraction of sp³-hybridized carbons (Fsp3) is 0.250. The molecule has 2 rings (SSSR count). The molecular weight excluding hydrogens is 224 g/mol. The summed E-state index contributed by atoms with van der Waals surface area (Å²) in [4.78, 5) is 0. The predicted molar refractivity (Wildman–Crippen MR) is 73.2 cm³/mol. The van der Waals surface area contributed by atoms with E-state index in [2.05, 4.69) is 18.2 Å². The van der Waals surface area contributed by atoms with E-state index in [1.165, 1.54) is 5.56 Å². The van der Waals surface area contributed by atoms with Crippen LogP contribution >= 0.6 is 0 Å². The normalized spacial score (nSPS) is 10.6. The molecule has 0 aromatic heterocycles. The lowest BCUT2D eigenvalue weighted by molar-refractivity contribution is 0.282. The maximum absolute atomic E-state index is 9.36. The first kappa shape index (κ1) is 12.8. The zero-order valence-electron chi connectivity index (χ0n) is 10.3. The molecule has 0 saturated carbocycles. The molecule has 0 aliphatic rings. The van der Waals surface area contributed by atoms with Crippen molar-refractivity contribution in [3.8, 4) is 11.1 Å². The molecule has 0 aliphatic heterocycles. The Morgan fingerprint density at radius 1 is 0.889 bits per heavy atom. The van der Waals surface area contributed by atoms with Gasteiger partial charge in [0.25, 0.3) is 0 Å². The fourth-order valence-corrected chi connectivity index (χ4v) is 2.12. The Morgan fingerprint density at radius 2 is 1.72 bits per heavy atom. The average molecular weight is 242 g/mol. The number of hydrogen-bond acceptors (Lipinski definition) is 2. The zero-order chi connectivity index (χ0) is 12.8. The van der Waals surface area contributed by atoms with Gasteiger partial charge in [-0.2, -0.15) is 0 Å². The van der Waals surface area contributed by atoms with Crippen LogP contribution in [0.1, 0.15) is 17.5 Å². The molecule has 2 aromatic rings. The van der Waals surface area contributed by atoms with Gasteiger partial charge in [-0.1, -0.05) is 48.5 Å². The molecule has 94 valence electrons. The number of rotatable bonds is 5. The monoisotopic (exact) mass is 242 g/mol. The van der Waals surface area contributed by atoms with Gasteiger partial charge in [0.2, 0.25) is 0 Å². The fourth-order valence-electron chi connectivity index (χ4n) is 2.12. The quantitative estimate of drug-likeness (QED) is 0.846. The highest BCUT2D eigenvalue weighted by molar-refractivity contribution is 5.67. The molecule has 0 amide bonds. The molecule has 0 heterocycles. The van der Waals surface area contributed by atoms with Gasteiger partial charge in [-0.3, -0.25) is 0 Å². The predicted octanol–water partition coefficient (Wildman–Crippen LogP) is 2.77. The van der Waals surface area contributed by atoms with Crippen molar-refractivity contribution in [3.63, 3.8) is 0 Å². The molecule has 0 aliphatic carbocycles. The second-order valence-electron chi connectivity index (χ2n) is 4.34. The molecule has 0 saturated heterocycles. The third kappa shape index (κ3) is 2.97. The highest BCUT2D eigenvalue weighted by Gasteiger charge is 2.04. The van der Waals surface area contributed by atoms with Crippen molar-refractivity contribution in [1.82, 2.24) is 0 Å². The Bertz CT molecular complexity index is 506. The van der Waals surface area contributed by atoms with Crippen LogP contribution in [0.2, 0.25) is 0 Å². The number of aliphatic hydroxyl groups is 2. The standard InChI is InChI=1S/C16H18O2/c17-10-4-6-13-5-3-8-14(11-13)16-9-2-1-7-15(16)12-18/h1-3,5,7-9,11,17-18H,4,6,10,12H2. The van der Waals surface area contributed by atoms with E-state index in [1.807, 2.05) is 30.3 Å². The summed E-state index contributed by atoms with van der Waals surface area (Å²) >= 11 is 0. The van der Waals surface area contributed by atoms with Gasteiger partial charge in [0.1, 0.15) is 0 Å². The van der Waals surface area contributed by atoms with Gasteiger partial charge in [-0.25, -0.2) is 0 Å². The highest BCUT2D eigenvalue weighted by atomic mass is 16.3. The Balaban J connectivity index is 2.32. The molecule has 0 bridgehead atoms. The molecule has 0 fully saturated rings. The second kappa shape index (κ2) is 6.34. The summed E-state index contributed by atoms with van der Waals surface area (Å²) in [7, 11) is 0. The van der Waals surface area contributed by atoms with E-state index in [0.29, 0.717) is 0 Å². The lowest BCUT2D eigenvalue weighted by Crippen LogP contribution is -1.92. The Morgan fingerprint density at radius 3 is 2.50 bits per heavy atom. The van der Waals surface area contributed by atoms with E-state index in [4.69, 9.17) is 5.11 Å². The van der Waals surface area contributed by atoms with Gasteiger partial charge in [-0.15, -0.1) is 0 Å². The summed E-state index contributed by atoms with van der Waals surface area (Å²) in [5, 5.41) is 18.2. The largest absolute Gasteiger partial charge is 0.396 e. The summed E-state index contributed by atoms with van der Waals surface area (Å²) in [6.07, 6.45) is 1.66. The van der Waals surface area contributed by atoms with Crippen LogP contribution in [0.25, 0.3) is 11.1 Å². The second-order valence-corrected chi connectivity index (χ2v) is 4.34. The van der Waals surface area contributed by atoms with Crippen LogP contribution in [-0.2, 0) is 13.0 Å². The van der Waals surface area contributed by atoms with Crippen LogP contribution in [0, 0.1) is 0 Å². The van der Waals surface area contributed by atoms with Crippen molar-refractivity contribution in [3.05, 3.63) is 59.7 Å². The summed E-state index contributed by atoms with van der Waals surface area (Å²) in [5.41, 5.74) is 4.35. The minimum atomic E-state index is 0.0526. The van der Waals surface area contributed by atoms with Crippen molar-refractivity contribution >= 4 is 0 Å². The highest BCUT2D eigenvalue weighted by Crippen LogP contribution is 2.24. The average Bonchev–Trinajstić information content (AvgIpc) is 2.45. The molecule has 0 unspecified atom stereocenters. The van der Waals surface area contributed by atoms with E-state index in [9.17, 15) is 5.11 Å². The van der Waals surface area contributed by atoms with Crippen molar-refractivity contribution in [1.29, 1.82) is 0 Å². The van der Waals surface area contributed by atoms with Crippen molar-refractivity contribution in [2.45, 2.75) is 19.4 Å². The third-order valence-electron chi connectivity index (χ3n) is 3.05. The minimum absolute atomic E-state index is 0.0526. The van der Waals surface area contributed by atoms with Crippen LogP contribution in [0.15, 0.2) is 48.5 Å². The number of aryl methyl sites for hydroxylation is 1. The van der Waals surface area contributed by atoms with Gasteiger partial charge < -0.3 is 10.2 Å². The summed E-state index contributed by atoms with van der Waals surface area (Å²) in [6, 6.07) is 16.2. The first-order valence-electron chi connectivity index (χ1n) is 6.24. The number of aliphatic hydroxyl groups excluding tert-OH is 2. The van der Waals surface area contributed by atoms with Crippen molar-refractivity contribution in [2.24, 2.45) is 0 Å². The Hall–Kier alpha value is -1.64.